The quantitative estimate of drug-likeness (QED) is 0.0896. The Kier molecular flexibility index (Phi) is 23.1. The monoisotopic (exact) mass is 1230 g/mol. The number of hydrogen-bond acceptors (Lipinski definition) is 18. The van der Waals surface area contributed by atoms with Gasteiger partial charge >= 0.3 is 43.7 Å². The molecular formula is C45H39Cl5F8N12O10. The maximum atomic E-state index is 13.2. The molecule has 4 N–H and O–H groups in total. The number of halogens is 13. The maximum absolute atomic E-state index is 13.2. The van der Waals surface area contributed by atoms with Gasteiger partial charge in [0.05, 0.1) is 49.0 Å². The third kappa shape index (κ3) is 18.3. The second kappa shape index (κ2) is 29.1. The van der Waals surface area contributed by atoms with Crippen LogP contribution in [0.5, 0.6) is 35.0 Å². The van der Waals surface area contributed by atoms with Crippen molar-refractivity contribution in [1.29, 1.82) is 0 Å². The summed E-state index contributed by atoms with van der Waals surface area (Å²) in [6.07, 6.45) is -2.54. The Bertz CT molecular complexity index is 3150. The van der Waals surface area contributed by atoms with Gasteiger partial charge in [-0.2, -0.15) is 47.1 Å². The number of alkyl halides is 10. The Labute approximate surface area is 471 Å². The number of rotatable bonds is 9. The van der Waals surface area contributed by atoms with Gasteiger partial charge < -0.3 is 54.2 Å². The van der Waals surface area contributed by atoms with E-state index in [2.05, 4.69) is 71.3 Å². The van der Waals surface area contributed by atoms with E-state index in [-0.39, 0.29) is 76.6 Å². The minimum absolute atomic E-state index is 0.0497. The molecule has 22 nitrogen and oxygen atoms in total. The lowest BCUT2D eigenvalue weighted by atomic mass is 10.1. The topological polar surface area (TPSA) is 260 Å². The Morgan fingerprint density at radius 2 is 1.14 bits per heavy atom. The predicted octanol–water partition coefficient (Wildman–Crippen LogP) is 10.8. The summed E-state index contributed by atoms with van der Waals surface area (Å²) in [7, 11) is 4.98. The molecule has 7 aromatic rings. The summed E-state index contributed by atoms with van der Waals surface area (Å²) in [5.74, 6) is -2.36. The van der Waals surface area contributed by atoms with E-state index in [9.17, 15) is 44.7 Å². The molecule has 1 saturated heterocycles. The summed E-state index contributed by atoms with van der Waals surface area (Å²) in [5, 5.41) is 17.8. The highest BCUT2D eigenvalue weighted by molar-refractivity contribution is 6.40. The fourth-order valence-corrected chi connectivity index (χ4v) is 6.87. The zero-order chi connectivity index (χ0) is 58.9. The van der Waals surface area contributed by atoms with Gasteiger partial charge in [0.15, 0.2) is 28.7 Å². The minimum atomic E-state index is -3.78. The third-order valence-electron chi connectivity index (χ3n) is 9.72. The molecule has 35 heteroatoms. The highest BCUT2D eigenvalue weighted by Crippen LogP contribution is 2.47. The minimum Gasteiger partial charge on any atom is -0.477 e. The number of nitrogen functional groups attached to an aromatic ring is 1. The number of methoxy groups -OCH3 is 2. The lowest BCUT2D eigenvalue weighted by Crippen LogP contribution is -2.32. The number of morpholine rings is 1. The largest absolute Gasteiger partial charge is 0.586 e. The number of pyridine rings is 2. The number of carbonyl (C=O) groups is 2. The van der Waals surface area contributed by atoms with E-state index in [1.807, 2.05) is 0 Å². The number of amides is 1. The molecule has 0 bridgehead atoms. The lowest BCUT2D eigenvalue weighted by Gasteiger charge is -2.21. The van der Waals surface area contributed by atoms with Gasteiger partial charge in [-0.15, -0.1) is 45.7 Å². The molecule has 3 aliphatic heterocycles. The number of carboxylic acids is 1. The van der Waals surface area contributed by atoms with Crippen LogP contribution in [-0.2, 0) is 4.74 Å². The summed E-state index contributed by atoms with van der Waals surface area (Å²) >= 11 is 27.2. The molecule has 0 spiro atoms. The van der Waals surface area contributed by atoms with E-state index in [0.29, 0.717) is 28.1 Å². The summed E-state index contributed by atoms with van der Waals surface area (Å²) < 4.78 is 134. The van der Waals surface area contributed by atoms with Crippen LogP contribution in [0.4, 0.5) is 46.8 Å². The average molecular weight is 1240 g/mol. The van der Waals surface area contributed by atoms with E-state index in [1.165, 1.54) is 63.0 Å². The highest BCUT2D eigenvalue weighted by atomic mass is 35.5. The molecule has 3 aliphatic rings. The molecule has 10 rings (SSSR count). The molecule has 8 heterocycles. The van der Waals surface area contributed by atoms with Crippen LogP contribution in [0.15, 0.2) is 85.5 Å². The Morgan fingerprint density at radius 1 is 0.700 bits per heavy atom. The third-order valence-corrected chi connectivity index (χ3v) is 10.5. The van der Waals surface area contributed by atoms with E-state index >= 15 is 0 Å². The number of aromatic nitrogens is 9. The Morgan fingerprint density at radius 3 is 1.51 bits per heavy atom. The van der Waals surface area contributed by atoms with Crippen LogP contribution in [-0.4, -0.2) is 132 Å². The standard InChI is InChI=1S/C17H9ClF4N4O3.C12H7ClF2N2O2.C5H6ClN3O2.C5H4F2N2O2.C5H11NO.CH2Cl2/c18-10-6-13-12(28-17(21,22)29-13)5-9(10)8-1-2-14(23-7-8)25-15(27)11-3-4-24-26(11)16(19)20;13-8-4-10-9(18-12(14,15)19-10)3-7(8)6-1-2-11(16)17-5-6;1-10-4-7-3(6)8-5(9-4)11-2;6-5(7)9-3(4(10)11)1-2-8-9;1-6-2-4-7-5-3-6;2-1-3/h1-7,16H,(H,23,25,27);1-5H,(H2,16,17);1-2H3;1-2,5H,(H,10,11);2-5H2,1H3;1H2. The van der Waals surface area contributed by atoms with Crippen LogP contribution in [0.2, 0.25) is 15.3 Å². The molecular weight excluding hydrogens is 1200 g/mol. The number of ether oxygens (including phenoxy) is 7. The number of hydrogen-bond donors (Lipinski definition) is 3. The van der Waals surface area contributed by atoms with E-state index in [1.54, 1.807) is 12.1 Å². The number of anilines is 2. The van der Waals surface area contributed by atoms with Crippen LogP contribution in [0.25, 0.3) is 22.3 Å². The van der Waals surface area contributed by atoms with Crippen molar-refractivity contribution >= 4 is 81.5 Å². The van der Waals surface area contributed by atoms with Gasteiger partial charge in [0, 0.05) is 66.1 Å². The maximum Gasteiger partial charge on any atom is 0.586 e. The lowest BCUT2D eigenvalue weighted by molar-refractivity contribution is -0.287. The molecule has 0 aliphatic carbocycles. The van der Waals surface area contributed by atoms with Crippen molar-refractivity contribution in [2.45, 2.75) is 25.7 Å². The summed E-state index contributed by atoms with van der Waals surface area (Å²) in [6.45, 7) is -1.86. The van der Waals surface area contributed by atoms with Crippen LogP contribution >= 0.6 is 58.0 Å². The first-order valence-corrected chi connectivity index (χ1v) is 24.0. The van der Waals surface area contributed by atoms with E-state index < -0.39 is 43.3 Å². The Balaban J connectivity index is 0.000000198. The first-order valence-electron chi connectivity index (χ1n) is 21.8. The molecule has 2 aromatic carbocycles. The number of likely N-dealkylation sites (N-methyl/N-ethyl adjacent to an activating group) is 1. The van der Waals surface area contributed by atoms with Gasteiger partial charge in [0.2, 0.25) is 5.28 Å². The molecule has 0 atom stereocenters. The van der Waals surface area contributed by atoms with Gasteiger partial charge in [-0.25, -0.2) is 14.8 Å². The predicted molar refractivity (Wildman–Crippen MR) is 271 cm³/mol. The molecule has 430 valence electrons. The van der Waals surface area contributed by atoms with Crippen LogP contribution in [0, 0.1) is 0 Å². The van der Waals surface area contributed by atoms with Crippen LogP contribution < -0.4 is 39.5 Å². The number of benzene rings is 2. The van der Waals surface area contributed by atoms with Gasteiger partial charge in [0.25, 0.3) is 5.91 Å². The summed E-state index contributed by atoms with van der Waals surface area (Å²) in [4.78, 5) is 43.5. The second-order valence-corrected chi connectivity index (χ2v) is 17.0. The SMILES string of the molecule is CN1CCOCC1.COc1nc(Cl)nc(OC)n1.ClCCl.Nc1ccc(-c2cc3c(cc2Cl)OC(F)(F)O3)cn1.O=C(Nc1ccc(-c2cc3c(cc2Cl)OC(F)(F)O3)cn1)c1ccnn1C(F)F.O=C(O)c1ccnn1C(F)F. The fraction of sp³-hybridized carbons (Fsp3) is 0.267. The van der Waals surface area contributed by atoms with Crippen molar-refractivity contribution in [2.24, 2.45) is 0 Å². The van der Waals surface area contributed by atoms with Crippen molar-refractivity contribution in [3.8, 4) is 57.3 Å². The number of fused-ring (bicyclic) bond motifs is 2. The average Bonchev–Trinajstić information content (AvgIpc) is 4.22. The van der Waals surface area contributed by atoms with Gasteiger partial charge in [-0.05, 0) is 67.2 Å². The zero-order valence-electron chi connectivity index (χ0n) is 40.9. The van der Waals surface area contributed by atoms with E-state index in [0.717, 1.165) is 50.8 Å². The summed E-state index contributed by atoms with van der Waals surface area (Å²) in [5.41, 5.74) is 6.55. The smallest absolute Gasteiger partial charge is 0.477 e. The van der Waals surface area contributed by atoms with Crippen molar-refractivity contribution < 1.29 is 83.0 Å². The number of nitrogens with two attached hydrogens (primary N) is 1. The number of nitrogens with one attached hydrogen (secondary N) is 1. The number of nitrogens with zero attached hydrogens (tertiary/aromatic N) is 10. The fourth-order valence-electron chi connectivity index (χ4n) is 6.20. The Hall–Kier alpha value is -7.48. The van der Waals surface area contributed by atoms with Crippen LogP contribution in [0.3, 0.4) is 0 Å². The molecule has 0 unspecified atom stereocenters. The molecule has 1 fully saturated rings. The van der Waals surface area contributed by atoms with E-state index in [4.69, 9.17) is 83.1 Å². The summed E-state index contributed by atoms with van der Waals surface area (Å²) in [6, 6.07) is 13.7. The first-order chi connectivity index (χ1) is 37.9. The second-order valence-electron chi connectivity index (χ2n) is 15.0. The molecule has 1 amide bonds. The molecule has 0 saturated carbocycles. The van der Waals surface area contributed by atoms with Crippen molar-refractivity contribution in [2.75, 3.05) is 64.0 Å². The normalized spacial score (nSPS) is 14.0. The van der Waals surface area contributed by atoms with Gasteiger partial charge in [-0.3, -0.25) is 4.79 Å². The highest BCUT2D eigenvalue weighted by Gasteiger charge is 2.45. The molecule has 80 heavy (non-hydrogen) atoms. The number of carboxylic acid groups (broad SMARTS) is 1. The van der Waals surface area contributed by atoms with Gasteiger partial charge in [-0.1, -0.05) is 23.2 Å². The number of aromatic carboxylic acids is 1. The van der Waals surface area contributed by atoms with Gasteiger partial charge in [0.1, 0.15) is 17.3 Å². The molecule has 0 radical (unpaired) electrons. The van der Waals surface area contributed by atoms with Crippen LogP contribution in [0.1, 0.15) is 34.1 Å². The first kappa shape index (κ1) is 63.4. The number of carbonyl (C=O) groups excluding carboxylic acids is 1. The van der Waals surface area contributed by atoms with Crippen molar-refractivity contribution in [1.82, 2.24) is 49.4 Å². The zero-order valence-corrected chi connectivity index (χ0v) is 44.6. The molecule has 5 aromatic heterocycles. The van der Waals surface area contributed by atoms with Crippen molar-refractivity contribution in [3.63, 3.8) is 0 Å². The van der Waals surface area contributed by atoms with Crippen molar-refractivity contribution in [3.05, 3.63) is 112 Å².